The maximum Gasteiger partial charge on any atom is 0.246 e. The number of ether oxygens (including phenoxy) is 1. The Morgan fingerprint density at radius 1 is 1.12 bits per heavy atom. The fourth-order valence-corrected chi connectivity index (χ4v) is 3.42. The van der Waals surface area contributed by atoms with Crippen molar-refractivity contribution in [2.45, 2.75) is 0 Å². The lowest BCUT2D eigenvalue weighted by molar-refractivity contribution is -0.126. The van der Waals surface area contributed by atoms with E-state index in [0.29, 0.717) is 42.0 Å². The second kappa shape index (κ2) is 8.29. The van der Waals surface area contributed by atoms with Crippen LogP contribution in [0.25, 0.3) is 0 Å². The number of benzene rings is 1. The van der Waals surface area contributed by atoms with Gasteiger partial charge < -0.3 is 14.5 Å². The summed E-state index contributed by atoms with van der Waals surface area (Å²) in [6.45, 7) is 2.41. The molecule has 136 valence electrons. The number of amides is 1. The maximum absolute atomic E-state index is 12.3. The normalized spacial score (nSPS) is 14.7. The zero-order valence-corrected chi connectivity index (χ0v) is 15.7. The number of piperazine rings is 1. The maximum atomic E-state index is 12.3. The number of aromatic nitrogens is 2. The molecular weight excluding hydrogens is 376 g/mol. The highest BCUT2D eigenvalue weighted by molar-refractivity contribution is 7.19. The van der Waals surface area contributed by atoms with Crippen LogP contribution >= 0.6 is 22.9 Å². The number of allylic oxidation sites excluding steroid dienone is 1. The molecule has 0 bridgehead atoms. The molecule has 9 heteroatoms. The molecule has 1 aromatic heterocycles. The summed E-state index contributed by atoms with van der Waals surface area (Å²) in [5.41, 5.74) is 0.507. The molecular formula is C17H17ClN4O3S. The number of hydrogen-bond donors (Lipinski definition) is 0. The van der Waals surface area contributed by atoms with E-state index in [9.17, 15) is 9.59 Å². The average Bonchev–Trinajstić information content (AvgIpc) is 3.12. The molecule has 26 heavy (non-hydrogen) atoms. The van der Waals surface area contributed by atoms with Crippen LogP contribution in [0.15, 0.2) is 36.4 Å². The van der Waals surface area contributed by atoms with Crippen LogP contribution in [0.3, 0.4) is 0 Å². The minimum Gasteiger partial charge on any atom is -0.497 e. The molecule has 1 amide bonds. The molecule has 1 saturated heterocycles. The Balaban J connectivity index is 1.53. The van der Waals surface area contributed by atoms with E-state index in [2.05, 4.69) is 10.2 Å². The highest BCUT2D eigenvalue weighted by Crippen LogP contribution is 2.24. The first kappa shape index (κ1) is 18.3. The third-order valence-corrected chi connectivity index (χ3v) is 5.08. The number of hydrogen-bond acceptors (Lipinski definition) is 7. The minimum atomic E-state index is -0.219. The topological polar surface area (TPSA) is 75.6 Å². The predicted molar refractivity (Wildman–Crippen MR) is 100 cm³/mol. The summed E-state index contributed by atoms with van der Waals surface area (Å²) in [5.74, 6) is 0.279. The van der Waals surface area contributed by atoms with Gasteiger partial charge in [-0.2, -0.15) is 0 Å². The first-order valence-electron chi connectivity index (χ1n) is 7.96. The zero-order chi connectivity index (χ0) is 18.5. The third-order valence-electron chi connectivity index (χ3n) is 4.00. The number of carbonyl (C=O) groups excluding carboxylic acids is 2. The Kier molecular flexibility index (Phi) is 5.85. The van der Waals surface area contributed by atoms with Gasteiger partial charge in [-0.3, -0.25) is 9.59 Å². The number of ketones is 1. The van der Waals surface area contributed by atoms with Crippen molar-refractivity contribution in [2.75, 3.05) is 38.2 Å². The summed E-state index contributed by atoms with van der Waals surface area (Å²) in [6, 6.07) is 6.76. The molecule has 0 atom stereocenters. The van der Waals surface area contributed by atoms with E-state index >= 15 is 0 Å². The highest BCUT2D eigenvalue weighted by atomic mass is 35.5. The molecule has 1 aliphatic rings. The van der Waals surface area contributed by atoms with Crippen molar-refractivity contribution in [1.82, 2.24) is 15.1 Å². The molecule has 1 aromatic carbocycles. The van der Waals surface area contributed by atoms with Crippen molar-refractivity contribution in [3.05, 3.63) is 46.4 Å². The fraction of sp³-hybridized carbons (Fsp3) is 0.294. The van der Waals surface area contributed by atoms with Crippen molar-refractivity contribution in [1.29, 1.82) is 0 Å². The summed E-state index contributed by atoms with van der Waals surface area (Å²) >= 11 is 7.12. The molecule has 3 rings (SSSR count). The van der Waals surface area contributed by atoms with Crippen LogP contribution in [0, 0.1) is 0 Å². The van der Waals surface area contributed by atoms with Gasteiger partial charge in [0.15, 0.2) is 5.78 Å². The molecule has 7 nitrogen and oxygen atoms in total. The monoisotopic (exact) mass is 392 g/mol. The Hall–Kier alpha value is -2.45. The summed E-state index contributed by atoms with van der Waals surface area (Å²) in [6.07, 6.45) is 2.63. The molecule has 1 fully saturated rings. The molecule has 0 N–H and O–H groups in total. The van der Waals surface area contributed by atoms with E-state index in [1.54, 1.807) is 36.3 Å². The van der Waals surface area contributed by atoms with Crippen LogP contribution in [0.1, 0.15) is 10.4 Å². The van der Waals surface area contributed by atoms with Gasteiger partial charge in [0.25, 0.3) is 0 Å². The van der Waals surface area contributed by atoms with E-state index in [-0.39, 0.29) is 11.7 Å². The minimum absolute atomic E-state index is 0.179. The van der Waals surface area contributed by atoms with Crippen molar-refractivity contribution in [3.8, 4) is 5.75 Å². The predicted octanol–water partition coefficient (Wildman–Crippen LogP) is 2.29. The average molecular weight is 393 g/mol. The van der Waals surface area contributed by atoms with Crippen LogP contribution in [0.2, 0.25) is 4.47 Å². The van der Waals surface area contributed by atoms with E-state index < -0.39 is 0 Å². The Bertz CT molecular complexity index is 814. The lowest BCUT2D eigenvalue weighted by atomic mass is 10.1. The fourth-order valence-electron chi connectivity index (χ4n) is 2.55. The number of carbonyl (C=O) groups is 2. The summed E-state index contributed by atoms with van der Waals surface area (Å²) in [7, 11) is 1.56. The molecule has 0 unspecified atom stereocenters. The molecule has 1 aliphatic heterocycles. The SMILES string of the molecule is COc1ccc(C(=O)/C=C/C(=O)N2CCN(c3nnc(Cl)s3)CC2)cc1. The first-order valence-corrected chi connectivity index (χ1v) is 9.15. The number of methoxy groups -OCH3 is 1. The Morgan fingerprint density at radius 2 is 1.81 bits per heavy atom. The third kappa shape index (κ3) is 4.39. The molecule has 0 radical (unpaired) electrons. The van der Waals surface area contributed by atoms with Crippen LogP contribution < -0.4 is 9.64 Å². The number of rotatable bonds is 5. The molecule has 2 aromatic rings. The second-order valence-electron chi connectivity index (χ2n) is 5.58. The van der Waals surface area contributed by atoms with Gasteiger partial charge >= 0.3 is 0 Å². The van der Waals surface area contributed by atoms with Crippen molar-refractivity contribution < 1.29 is 14.3 Å². The molecule has 0 spiro atoms. The highest BCUT2D eigenvalue weighted by Gasteiger charge is 2.22. The van der Waals surface area contributed by atoms with Gasteiger partial charge in [0, 0.05) is 37.8 Å². The first-order chi connectivity index (χ1) is 12.6. The molecule has 0 aliphatic carbocycles. The van der Waals surface area contributed by atoms with Gasteiger partial charge in [0.1, 0.15) is 5.75 Å². The quantitative estimate of drug-likeness (QED) is 0.574. The smallest absolute Gasteiger partial charge is 0.246 e. The van der Waals surface area contributed by atoms with Crippen molar-refractivity contribution in [2.24, 2.45) is 0 Å². The van der Waals surface area contributed by atoms with Gasteiger partial charge in [0.05, 0.1) is 7.11 Å². The summed E-state index contributed by atoms with van der Waals surface area (Å²) in [5, 5.41) is 8.55. The molecule has 0 saturated carbocycles. The van der Waals surface area contributed by atoms with Gasteiger partial charge in [-0.1, -0.05) is 11.3 Å². The lowest BCUT2D eigenvalue weighted by Crippen LogP contribution is -2.48. The summed E-state index contributed by atoms with van der Waals surface area (Å²) in [4.78, 5) is 28.2. The van der Waals surface area contributed by atoms with Crippen LogP contribution in [-0.2, 0) is 4.79 Å². The van der Waals surface area contributed by atoms with Gasteiger partial charge in [-0.15, -0.1) is 10.2 Å². The van der Waals surface area contributed by atoms with E-state index in [1.807, 2.05) is 4.90 Å². The zero-order valence-electron chi connectivity index (χ0n) is 14.1. The largest absolute Gasteiger partial charge is 0.497 e. The van der Waals surface area contributed by atoms with E-state index in [4.69, 9.17) is 16.3 Å². The van der Waals surface area contributed by atoms with Crippen LogP contribution in [0.4, 0.5) is 5.13 Å². The van der Waals surface area contributed by atoms with E-state index in [1.165, 1.54) is 23.5 Å². The van der Waals surface area contributed by atoms with Crippen LogP contribution in [0.5, 0.6) is 5.75 Å². The van der Waals surface area contributed by atoms with Gasteiger partial charge in [-0.25, -0.2) is 0 Å². The van der Waals surface area contributed by atoms with Crippen molar-refractivity contribution >= 4 is 39.8 Å². The Morgan fingerprint density at radius 3 is 2.38 bits per heavy atom. The van der Waals surface area contributed by atoms with E-state index in [0.717, 1.165) is 5.13 Å². The van der Waals surface area contributed by atoms with Crippen LogP contribution in [-0.4, -0.2) is 60.1 Å². The van der Waals surface area contributed by atoms with Crippen molar-refractivity contribution in [3.63, 3.8) is 0 Å². The van der Waals surface area contributed by atoms with Gasteiger partial charge in [-0.05, 0) is 41.9 Å². The second-order valence-corrected chi connectivity index (χ2v) is 7.11. The standard InChI is InChI=1S/C17H17ClN4O3S/c1-25-13-4-2-12(3-5-13)14(23)6-7-15(24)21-8-10-22(11-9-21)17-20-19-16(18)26-17/h2-7H,8-11H2,1H3/b7-6+. The number of halogens is 1. The summed E-state index contributed by atoms with van der Waals surface area (Å²) < 4.78 is 5.46. The lowest BCUT2D eigenvalue weighted by Gasteiger charge is -2.33. The number of nitrogens with zero attached hydrogens (tertiary/aromatic N) is 4. The van der Waals surface area contributed by atoms with Gasteiger partial charge in [0.2, 0.25) is 15.5 Å². The molecule has 2 heterocycles. The Labute approximate surface area is 159 Å². The number of anilines is 1.